The van der Waals surface area contributed by atoms with Crippen LogP contribution in [0.25, 0.3) is 0 Å². The van der Waals surface area contributed by atoms with Crippen molar-refractivity contribution in [1.29, 1.82) is 0 Å². The van der Waals surface area contributed by atoms with Gasteiger partial charge in [-0.1, -0.05) is 57.5 Å². The third-order valence-corrected chi connectivity index (χ3v) is 9.54. The first-order valence-electron chi connectivity index (χ1n) is 13.3. The molecule has 5 rings (SSSR count). The van der Waals surface area contributed by atoms with E-state index in [0.717, 1.165) is 25.8 Å². The summed E-state index contributed by atoms with van der Waals surface area (Å²) in [6.07, 6.45) is 5.48. The number of nitrogens with one attached hydrogen (secondary N) is 1. The zero-order chi connectivity index (χ0) is 26.2. The molecule has 0 saturated carbocycles. The predicted molar refractivity (Wildman–Crippen MR) is 142 cm³/mol. The molecule has 0 bridgehead atoms. The number of hydrogen-bond acceptors (Lipinski definition) is 7. The summed E-state index contributed by atoms with van der Waals surface area (Å²) in [7, 11) is -1.27. The van der Waals surface area contributed by atoms with Crippen LogP contribution in [0.5, 0.6) is 0 Å². The molecule has 6 atom stereocenters. The Hall–Kier alpha value is -2.16. The maximum Gasteiger partial charge on any atom is 0.351 e. The van der Waals surface area contributed by atoms with Crippen LogP contribution in [-0.2, 0) is 24.2 Å². The molecule has 3 aliphatic heterocycles. The van der Waals surface area contributed by atoms with Crippen LogP contribution in [0, 0.1) is 5.92 Å². The first-order chi connectivity index (χ1) is 17.8. The predicted octanol–water partition coefficient (Wildman–Crippen LogP) is 4.95. The minimum absolute atomic E-state index is 0.157. The average molecular weight is 529 g/mol. The molecular weight excluding hydrogens is 491 g/mol. The fourth-order valence-electron chi connectivity index (χ4n) is 5.48. The summed E-state index contributed by atoms with van der Waals surface area (Å²) < 4.78 is 23.7. The fraction of sp³-hybridized carbons (Fsp3) is 0.593. The number of ether oxygens (including phenoxy) is 1. The minimum Gasteiger partial charge on any atom is -0.352 e. The number of nitrogens with zero attached hydrogens (tertiary/aromatic N) is 3. The van der Waals surface area contributed by atoms with E-state index in [1.807, 2.05) is 6.07 Å². The molecule has 200 valence electrons. The molecule has 9 nitrogen and oxygen atoms in total. The Labute approximate surface area is 219 Å². The number of carbonyl (C=O) groups excluding carboxylic acids is 1. The number of carbonyl (C=O) groups is 1. The lowest BCUT2D eigenvalue weighted by atomic mass is 9.84. The molecule has 1 N–H and O–H groups in total. The van der Waals surface area contributed by atoms with Crippen molar-refractivity contribution in [1.82, 2.24) is 14.2 Å². The first kappa shape index (κ1) is 26.4. The van der Waals surface area contributed by atoms with E-state index in [1.54, 1.807) is 26.1 Å². The summed E-state index contributed by atoms with van der Waals surface area (Å²) in [6, 6.07) is 12.3. The number of anilines is 1. The highest BCUT2D eigenvalue weighted by Gasteiger charge is 2.55. The van der Waals surface area contributed by atoms with Gasteiger partial charge in [-0.2, -0.15) is 4.98 Å². The standard InChI is InChI=1S/C27H37N4O5P/c1-5-20-21(17-24(34-20)30-16-14-23(29-26(30)33)28-25(32)18(2)3)35-37-31-15-10-9-13-22(31)27(4,36-37)19-11-7-6-8-12-19/h6-8,11-12,14,16,18,20-22,24H,5,9-10,13,15,17H2,1-4H3,(H,28,29,32,33)/t20-,21?,22+,24-,27+,37-/m1/s1. The van der Waals surface area contributed by atoms with Gasteiger partial charge in [-0.3, -0.25) is 9.36 Å². The van der Waals surface area contributed by atoms with Crippen molar-refractivity contribution >= 4 is 20.3 Å². The van der Waals surface area contributed by atoms with Gasteiger partial charge in [0.15, 0.2) is 0 Å². The van der Waals surface area contributed by atoms with Crippen molar-refractivity contribution in [3.8, 4) is 0 Å². The summed E-state index contributed by atoms with van der Waals surface area (Å²) in [6.45, 7) is 8.79. The van der Waals surface area contributed by atoms with Gasteiger partial charge >= 0.3 is 5.69 Å². The fourth-order valence-corrected chi connectivity index (χ4v) is 7.62. The molecule has 0 spiro atoms. The van der Waals surface area contributed by atoms with Gasteiger partial charge in [0.1, 0.15) is 17.6 Å². The molecule has 37 heavy (non-hydrogen) atoms. The third kappa shape index (κ3) is 5.25. The topological polar surface area (TPSA) is 94.9 Å². The molecule has 1 unspecified atom stereocenters. The number of amides is 1. The Balaban J connectivity index is 1.32. The zero-order valence-corrected chi connectivity index (χ0v) is 22.9. The van der Waals surface area contributed by atoms with E-state index in [9.17, 15) is 9.59 Å². The van der Waals surface area contributed by atoms with E-state index in [0.29, 0.717) is 6.42 Å². The van der Waals surface area contributed by atoms with Gasteiger partial charge in [0, 0.05) is 25.1 Å². The van der Waals surface area contributed by atoms with Crippen LogP contribution in [0.3, 0.4) is 0 Å². The van der Waals surface area contributed by atoms with Crippen LogP contribution in [0.15, 0.2) is 47.4 Å². The van der Waals surface area contributed by atoms with E-state index in [-0.39, 0.29) is 35.9 Å². The monoisotopic (exact) mass is 528 g/mol. The Bertz CT molecular complexity index is 1160. The number of hydrogen-bond donors (Lipinski definition) is 1. The normalized spacial score (nSPS) is 32.0. The summed E-state index contributed by atoms with van der Waals surface area (Å²) in [5, 5.41) is 2.68. The van der Waals surface area contributed by atoms with Crippen molar-refractivity contribution in [2.24, 2.45) is 5.92 Å². The highest BCUT2D eigenvalue weighted by atomic mass is 31.2. The largest absolute Gasteiger partial charge is 0.352 e. The van der Waals surface area contributed by atoms with Crippen molar-refractivity contribution < 1.29 is 18.6 Å². The Kier molecular flexibility index (Phi) is 7.80. The van der Waals surface area contributed by atoms with Crippen molar-refractivity contribution in [3.05, 3.63) is 58.6 Å². The lowest BCUT2D eigenvalue weighted by Gasteiger charge is -2.36. The van der Waals surface area contributed by atoms with Crippen LogP contribution in [0.2, 0.25) is 0 Å². The first-order valence-corrected chi connectivity index (χ1v) is 14.5. The second-order valence-corrected chi connectivity index (χ2v) is 11.9. The number of fused-ring (bicyclic) bond motifs is 1. The highest BCUT2D eigenvalue weighted by Crippen LogP contribution is 2.63. The van der Waals surface area contributed by atoms with E-state index in [1.165, 1.54) is 16.6 Å². The highest BCUT2D eigenvalue weighted by molar-refractivity contribution is 7.45. The molecular formula is C27H37N4O5P. The van der Waals surface area contributed by atoms with Gasteiger partial charge in [-0.15, -0.1) is 0 Å². The van der Waals surface area contributed by atoms with Crippen LogP contribution in [-0.4, -0.2) is 44.9 Å². The van der Waals surface area contributed by atoms with Gasteiger partial charge in [-0.25, -0.2) is 9.46 Å². The molecule has 10 heteroatoms. The number of benzene rings is 1. The van der Waals surface area contributed by atoms with Crippen molar-refractivity contribution in [2.75, 3.05) is 11.9 Å². The second kappa shape index (κ2) is 10.9. The van der Waals surface area contributed by atoms with Gasteiger partial charge < -0.3 is 19.1 Å². The average Bonchev–Trinajstić information content (AvgIpc) is 3.43. The molecule has 4 heterocycles. The number of rotatable bonds is 7. The SMILES string of the molecule is CC[C@H]1O[C@@H](n2ccc(NC(=O)C(C)C)nc2=O)CC1O[P@]1O[C@@](C)(c2ccccc2)[C@@H]2CCCCN21. The molecule has 1 aromatic heterocycles. The van der Waals surface area contributed by atoms with Crippen LogP contribution >= 0.6 is 8.53 Å². The van der Waals surface area contributed by atoms with Crippen LogP contribution in [0.4, 0.5) is 5.82 Å². The zero-order valence-electron chi connectivity index (χ0n) is 22.0. The quantitative estimate of drug-likeness (QED) is 0.508. The summed E-state index contributed by atoms with van der Waals surface area (Å²) in [5.74, 6) is -0.135. The number of piperidine rings is 1. The minimum atomic E-state index is -1.27. The Morgan fingerprint density at radius 1 is 1.27 bits per heavy atom. The van der Waals surface area contributed by atoms with Gasteiger partial charge in [0.2, 0.25) is 5.91 Å². The van der Waals surface area contributed by atoms with Gasteiger partial charge in [0.05, 0.1) is 18.2 Å². The maximum atomic E-state index is 12.8. The lowest BCUT2D eigenvalue weighted by Crippen LogP contribution is -2.43. The third-order valence-electron chi connectivity index (χ3n) is 7.66. The Morgan fingerprint density at radius 3 is 2.76 bits per heavy atom. The Morgan fingerprint density at radius 2 is 2.05 bits per heavy atom. The van der Waals surface area contributed by atoms with E-state index < -0.39 is 26.0 Å². The number of aromatic nitrogens is 2. The molecule has 0 radical (unpaired) electrons. The summed E-state index contributed by atoms with van der Waals surface area (Å²) >= 11 is 0. The maximum absolute atomic E-state index is 12.8. The molecule has 3 aliphatic rings. The molecule has 3 fully saturated rings. The summed E-state index contributed by atoms with van der Waals surface area (Å²) in [5.41, 5.74) is 0.290. The van der Waals surface area contributed by atoms with Gasteiger partial charge in [0.25, 0.3) is 8.53 Å². The van der Waals surface area contributed by atoms with Crippen molar-refractivity contribution in [3.63, 3.8) is 0 Å². The van der Waals surface area contributed by atoms with E-state index in [4.69, 9.17) is 13.8 Å². The van der Waals surface area contributed by atoms with Crippen LogP contribution < -0.4 is 11.0 Å². The van der Waals surface area contributed by atoms with E-state index in [2.05, 4.69) is 53.1 Å². The van der Waals surface area contributed by atoms with Gasteiger partial charge in [-0.05, 0) is 37.8 Å². The smallest absolute Gasteiger partial charge is 0.351 e. The molecule has 1 aromatic carbocycles. The van der Waals surface area contributed by atoms with E-state index >= 15 is 0 Å². The molecule has 3 saturated heterocycles. The van der Waals surface area contributed by atoms with Crippen LogP contribution in [0.1, 0.15) is 71.6 Å². The lowest BCUT2D eigenvalue weighted by molar-refractivity contribution is -0.118. The second-order valence-electron chi connectivity index (χ2n) is 10.5. The summed E-state index contributed by atoms with van der Waals surface area (Å²) in [4.78, 5) is 28.8. The van der Waals surface area contributed by atoms with Crippen molar-refractivity contribution in [2.45, 2.75) is 89.9 Å². The molecule has 1 amide bonds. The molecule has 2 aromatic rings. The molecule has 0 aliphatic carbocycles.